The molecule has 13 heteroatoms. The monoisotopic (exact) mass is 498 g/mol. The number of nitro benzene ring substituents is 1. The van der Waals surface area contributed by atoms with Crippen LogP contribution in [-0.4, -0.2) is 59.4 Å². The van der Waals surface area contributed by atoms with Crippen LogP contribution in [0.2, 0.25) is 0 Å². The van der Waals surface area contributed by atoms with Crippen LogP contribution < -0.4 is 10.7 Å². The van der Waals surface area contributed by atoms with E-state index in [1.54, 1.807) is 6.92 Å². The maximum atomic E-state index is 12.3. The minimum atomic E-state index is -0.897. The fraction of sp³-hybridized carbons (Fsp3) is 0.261. The van der Waals surface area contributed by atoms with Crippen molar-refractivity contribution in [3.63, 3.8) is 0 Å². The SMILES string of the molecule is CCOC(=O)c1ccc(NC(=O)COC(=O)[C@H]2CC(=O)N(NC(=O)c3ccc([N+](=O)[O-])cc3)C2)cc1. The second-order valence-corrected chi connectivity index (χ2v) is 7.60. The van der Waals surface area contributed by atoms with Crippen LogP contribution in [-0.2, 0) is 23.9 Å². The molecular formula is C23H22N4O9. The first-order valence-corrected chi connectivity index (χ1v) is 10.8. The first kappa shape index (κ1) is 25.8. The van der Waals surface area contributed by atoms with Gasteiger partial charge >= 0.3 is 11.9 Å². The maximum Gasteiger partial charge on any atom is 0.338 e. The Bertz CT molecular complexity index is 1180. The number of benzene rings is 2. The van der Waals surface area contributed by atoms with Gasteiger partial charge in [-0.05, 0) is 43.3 Å². The molecular weight excluding hydrogens is 476 g/mol. The molecule has 1 atom stereocenters. The molecule has 0 radical (unpaired) electrons. The quantitative estimate of drug-likeness (QED) is 0.294. The molecule has 0 aromatic heterocycles. The zero-order chi connectivity index (χ0) is 26.2. The molecule has 1 aliphatic heterocycles. The van der Waals surface area contributed by atoms with Crippen LogP contribution in [0.3, 0.4) is 0 Å². The Morgan fingerprint density at radius 1 is 1.03 bits per heavy atom. The van der Waals surface area contributed by atoms with Crippen LogP contribution in [0.25, 0.3) is 0 Å². The van der Waals surface area contributed by atoms with Gasteiger partial charge in [-0.25, -0.2) is 4.79 Å². The average molecular weight is 498 g/mol. The topological polar surface area (TPSA) is 174 Å². The highest BCUT2D eigenvalue weighted by molar-refractivity contribution is 5.97. The Kier molecular flexibility index (Phi) is 8.28. The van der Waals surface area contributed by atoms with Gasteiger partial charge in [0, 0.05) is 29.8 Å². The van der Waals surface area contributed by atoms with Gasteiger partial charge in [-0.15, -0.1) is 0 Å². The summed E-state index contributed by atoms with van der Waals surface area (Å²) in [5.41, 5.74) is 2.94. The number of nitrogens with zero attached hydrogens (tertiary/aromatic N) is 2. The summed E-state index contributed by atoms with van der Waals surface area (Å²) in [7, 11) is 0. The molecule has 1 saturated heterocycles. The molecule has 0 bridgehead atoms. The van der Waals surface area contributed by atoms with Crippen LogP contribution in [0.5, 0.6) is 0 Å². The number of ether oxygens (including phenoxy) is 2. The number of anilines is 1. The fourth-order valence-corrected chi connectivity index (χ4v) is 3.25. The molecule has 1 fully saturated rings. The van der Waals surface area contributed by atoms with E-state index < -0.39 is 47.1 Å². The highest BCUT2D eigenvalue weighted by Gasteiger charge is 2.36. The van der Waals surface area contributed by atoms with Crippen molar-refractivity contribution >= 4 is 41.0 Å². The third-order valence-electron chi connectivity index (χ3n) is 5.06. The molecule has 3 rings (SSSR count). The molecule has 0 aliphatic carbocycles. The van der Waals surface area contributed by atoms with Crippen molar-refractivity contribution in [2.45, 2.75) is 13.3 Å². The van der Waals surface area contributed by atoms with E-state index in [0.717, 1.165) is 17.1 Å². The predicted octanol–water partition coefficient (Wildman–Crippen LogP) is 1.45. The van der Waals surface area contributed by atoms with E-state index in [-0.39, 0.29) is 30.8 Å². The number of nitrogens with one attached hydrogen (secondary N) is 2. The number of carbonyl (C=O) groups excluding carboxylic acids is 5. The number of non-ortho nitro benzene ring substituents is 1. The van der Waals surface area contributed by atoms with Gasteiger partial charge in [0.05, 0.1) is 29.6 Å². The molecule has 2 aromatic carbocycles. The summed E-state index contributed by atoms with van der Waals surface area (Å²) in [5, 5.41) is 14.2. The van der Waals surface area contributed by atoms with Gasteiger partial charge in [0.2, 0.25) is 5.91 Å². The average Bonchev–Trinajstić information content (AvgIpc) is 3.23. The van der Waals surface area contributed by atoms with Gasteiger partial charge in [0.15, 0.2) is 6.61 Å². The molecule has 0 spiro atoms. The normalized spacial score (nSPS) is 14.6. The van der Waals surface area contributed by atoms with Gasteiger partial charge in [-0.2, -0.15) is 0 Å². The van der Waals surface area contributed by atoms with Gasteiger partial charge in [-0.3, -0.25) is 39.7 Å². The van der Waals surface area contributed by atoms with Crippen LogP contribution in [0.1, 0.15) is 34.1 Å². The summed E-state index contributed by atoms with van der Waals surface area (Å²) >= 11 is 0. The number of esters is 2. The number of nitro groups is 1. The van der Waals surface area contributed by atoms with Crippen molar-refractivity contribution < 1.29 is 38.4 Å². The first-order valence-electron chi connectivity index (χ1n) is 10.8. The number of rotatable bonds is 9. The van der Waals surface area contributed by atoms with Crippen molar-refractivity contribution in [3.8, 4) is 0 Å². The molecule has 1 heterocycles. The van der Waals surface area contributed by atoms with Crippen LogP contribution in [0.15, 0.2) is 48.5 Å². The van der Waals surface area contributed by atoms with E-state index in [9.17, 15) is 34.1 Å². The van der Waals surface area contributed by atoms with Crippen LogP contribution >= 0.6 is 0 Å². The van der Waals surface area contributed by atoms with Gasteiger partial charge in [0.1, 0.15) is 0 Å². The van der Waals surface area contributed by atoms with Crippen molar-refractivity contribution in [1.29, 1.82) is 0 Å². The summed E-state index contributed by atoms with van der Waals surface area (Å²) < 4.78 is 9.87. The number of carbonyl (C=O) groups is 5. The molecule has 2 aromatic rings. The predicted molar refractivity (Wildman–Crippen MR) is 122 cm³/mol. The minimum Gasteiger partial charge on any atom is -0.462 e. The highest BCUT2D eigenvalue weighted by Crippen LogP contribution is 2.19. The Hall–Kier alpha value is -4.81. The standard InChI is InChI=1S/C23H22N4O9/c1-2-35-22(31)15-3-7-17(8-4-15)24-19(28)13-36-23(32)16-11-20(29)26(12-16)25-21(30)14-5-9-18(10-6-14)27(33)34/h3-10,16H,2,11-13H2,1H3,(H,24,28)(H,25,30)/t16-/m0/s1. The molecule has 13 nitrogen and oxygen atoms in total. The molecule has 0 saturated carbocycles. The lowest BCUT2D eigenvalue weighted by Crippen LogP contribution is -2.43. The van der Waals surface area contributed by atoms with Crippen molar-refractivity contribution in [3.05, 3.63) is 69.8 Å². The van der Waals surface area contributed by atoms with Gasteiger partial charge in [0.25, 0.3) is 17.5 Å². The van der Waals surface area contributed by atoms with E-state index in [1.165, 1.54) is 36.4 Å². The number of amides is 3. The molecule has 36 heavy (non-hydrogen) atoms. The van der Waals surface area contributed by atoms with Crippen LogP contribution in [0, 0.1) is 16.0 Å². The summed E-state index contributed by atoms with van der Waals surface area (Å²) in [6, 6.07) is 10.7. The number of hydrogen-bond donors (Lipinski definition) is 2. The summed E-state index contributed by atoms with van der Waals surface area (Å²) in [6.45, 7) is 1.16. The summed E-state index contributed by atoms with van der Waals surface area (Å²) in [4.78, 5) is 70.7. The van der Waals surface area contributed by atoms with E-state index in [4.69, 9.17) is 9.47 Å². The van der Waals surface area contributed by atoms with E-state index in [2.05, 4.69) is 10.7 Å². The second-order valence-electron chi connectivity index (χ2n) is 7.60. The van der Waals surface area contributed by atoms with Crippen molar-refractivity contribution in [2.24, 2.45) is 5.92 Å². The fourth-order valence-electron chi connectivity index (χ4n) is 3.25. The lowest BCUT2D eigenvalue weighted by atomic mass is 10.1. The maximum absolute atomic E-state index is 12.3. The number of hydrogen-bond acceptors (Lipinski definition) is 9. The summed E-state index contributed by atoms with van der Waals surface area (Å²) in [5.74, 6) is -4.01. The molecule has 2 N–H and O–H groups in total. The second kappa shape index (κ2) is 11.6. The highest BCUT2D eigenvalue weighted by atomic mass is 16.6. The van der Waals surface area contributed by atoms with Crippen LogP contribution in [0.4, 0.5) is 11.4 Å². The minimum absolute atomic E-state index is 0.0892. The molecule has 188 valence electrons. The largest absolute Gasteiger partial charge is 0.462 e. The van der Waals surface area contributed by atoms with Gasteiger partial charge in [-0.1, -0.05) is 0 Å². The Morgan fingerprint density at radius 2 is 1.67 bits per heavy atom. The summed E-state index contributed by atoms with van der Waals surface area (Å²) in [6.07, 6.45) is -0.226. The van der Waals surface area contributed by atoms with E-state index >= 15 is 0 Å². The lowest BCUT2D eigenvalue weighted by molar-refractivity contribution is -0.384. The zero-order valence-electron chi connectivity index (χ0n) is 19.1. The first-order chi connectivity index (χ1) is 17.2. The molecule has 1 aliphatic rings. The Labute approximate surface area is 204 Å². The third kappa shape index (κ3) is 6.62. The van der Waals surface area contributed by atoms with Crippen molar-refractivity contribution in [1.82, 2.24) is 10.4 Å². The van der Waals surface area contributed by atoms with E-state index in [0.29, 0.717) is 11.3 Å². The third-order valence-corrected chi connectivity index (χ3v) is 5.06. The van der Waals surface area contributed by atoms with E-state index in [1.807, 2.05) is 0 Å². The van der Waals surface area contributed by atoms with Crippen molar-refractivity contribution in [2.75, 3.05) is 25.1 Å². The zero-order valence-corrected chi connectivity index (χ0v) is 19.1. The Morgan fingerprint density at radius 3 is 2.28 bits per heavy atom. The Balaban J connectivity index is 1.46. The smallest absolute Gasteiger partial charge is 0.338 e. The molecule has 0 unspecified atom stereocenters. The lowest BCUT2D eigenvalue weighted by Gasteiger charge is -2.17. The van der Waals surface area contributed by atoms with Gasteiger partial charge < -0.3 is 14.8 Å². The molecule has 3 amide bonds. The number of hydrazine groups is 1.